The molecule has 1 aromatic carbocycles. The van der Waals surface area contributed by atoms with Gasteiger partial charge in [0.2, 0.25) is 0 Å². The Morgan fingerprint density at radius 3 is 2.65 bits per heavy atom. The van der Waals surface area contributed by atoms with Gasteiger partial charge in [0.05, 0.1) is 19.3 Å². The second-order valence-electron chi connectivity index (χ2n) is 6.07. The third-order valence-electron chi connectivity index (χ3n) is 4.38. The largest absolute Gasteiger partial charge is 0.371 e. The number of carbonyl (C=O) groups is 2. The Kier molecular flexibility index (Phi) is 3.50. The molecule has 4 rings (SSSR count). The molecule has 1 saturated heterocycles. The minimum Gasteiger partial charge on any atom is -0.371 e. The summed E-state index contributed by atoms with van der Waals surface area (Å²) >= 11 is 0. The lowest BCUT2D eigenvalue weighted by Gasteiger charge is -2.21. The number of Topliss-reactive ketones (excluding diaryl/α,β-unsaturated/α-hetero) is 1. The predicted octanol–water partition coefficient (Wildman–Crippen LogP) is 2.12. The summed E-state index contributed by atoms with van der Waals surface area (Å²) in [4.78, 5) is 27.1. The Morgan fingerprint density at radius 1 is 1.13 bits per heavy atom. The number of carbonyl (C=O) groups excluding carboxylic acids is 2. The first-order valence-electron chi connectivity index (χ1n) is 7.89. The molecular weight excluding hydrogens is 292 g/mol. The number of fused-ring (bicyclic) bond motifs is 1. The molecule has 118 valence electrons. The molecule has 3 heterocycles. The topological polar surface area (TPSA) is 54.8 Å². The second kappa shape index (κ2) is 5.66. The summed E-state index contributed by atoms with van der Waals surface area (Å²) in [6.07, 6.45) is 2.36. The highest BCUT2D eigenvalue weighted by Gasteiger charge is 2.32. The van der Waals surface area contributed by atoms with Crippen LogP contribution in [0.4, 0.5) is 0 Å². The molecule has 0 N–H and O–H groups in total. The first-order chi connectivity index (χ1) is 11.2. The highest BCUT2D eigenvalue weighted by atomic mass is 16.6. The van der Waals surface area contributed by atoms with E-state index in [1.165, 1.54) is 0 Å². The van der Waals surface area contributed by atoms with E-state index in [1.54, 1.807) is 11.0 Å². The quantitative estimate of drug-likeness (QED) is 0.813. The molecule has 23 heavy (non-hydrogen) atoms. The van der Waals surface area contributed by atoms with E-state index in [4.69, 9.17) is 4.74 Å². The highest BCUT2D eigenvalue weighted by Crippen LogP contribution is 2.24. The number of epoxide rings is 1. The number of rotatable bonds is 4. The van der Waals surface area contributed by atoms with Crippen molar-refractivity contribution >= 4 is 11.7 Å². The maximum absolute atomic E-state index is 13.0. The van der Waals surface area contributed by atoms with Crippen molar-refractivity contribution in [2.24, 2.45) is 0 Å². The van der Waals surface area contributed by atoms with Crippen molar-refractivity contribution in [2.75, 3.05) is 13.2 Å². The molecule has 0 aliphatic carbocycles. The number of nitrogens with zero attached hydrogens (tertiary/aromatic N) is 2. The van der Waals surface area contributed by atoms with Crippen LogP contribution in [-0.4, -0.2) is 40.4 Å². The summed E-state index contributed by atoms with van der Waals surface area (Å²) < 4.78 is 7.13. The summed E-state index contributed by atoms with van der Waals surface area (Å²) in [5, 5.41) is 0. The van der Waals surface area contributed by atoms with Crippen LogP contribution in [0.25, 0.3) is 0 Å². The summed E-state index contributed by atoms with van der Waals surface area (Å²) in [5.74, 6) is -0.0280. The molecule has 0 saturated carbocycles. The van der Waals surface area contributed by atoms with Gasteiger partial charge in [0.1, 0.15) is 5.69 Å². The molecule has 0 bridgehead atoms. The van der Waals surface area contributed by atoms with Gasteiger partial charge >= 0.3 is 0 Å². The Balaban J connectivity index is 1.65. The molecule has 2 aliphatic rings. The van der Waals surface area contributed by atoms with Crippen LogP contribution in [-0.2, 0) is 17.8 Å². The lowest BCUT2D eigenvalue weighted by Crippen LogP contribution is -2.32. The SMILES string of the molecule is O=C1CCN(Cc2ccccc2)C(=O)c2c1ccn2CC1CO1. The van der Waals surface area contributed by atoms with Gasteiger partial charge in [-0.05, 0) is 11.6 Å². The number of benzene rings is 1. The van der Waals surface area contributed by atoms with E-state index in [0.29, 0.717) is 37.3 Å². The minimum absolute atomic E-state index is 0.0411. The fourth-order valence-electron chi connectivity index (χ4n) is 3.06. The molecule has 1 aromatic heterocycles. The Hall–Kier alpha value is -2.40. The smallest absolute Gasteiger partial charge is 0.271 e. The highest BCUT2D eigenvalue weighted by molar-refractivity contribution is 6.09. The number of amides is 1. The van der Waals surface area contributed by atoms with E-state index >= 15 is 0 Å². The average Bonchev–Trinajstić information content (AvgIpc) is 3.29. The Bertz CT molecular complexity index is 747. The van der Waals surface area contributed by atoms with Crippen molar-refractivity contribution in [1.82, 2.24) is 9.47 Å². The van der Waals surface area contributed by atoms with Crippen LogP contribution in [0.2, 0.25) is 0 Å². The van der Waals surface area contributed by atoms with Gasteiger partial charge in [0.25, 0.3) is 5.91 Å². The van der Waals surface area contributed by atoms with Gasteiger partial charge in [-0.15, -0.1) is 0 Å². The lowest BCUT2D eigenvalue weighted by atomic mass is 10.1. The van der Waals surface area contributed by atoms with Crippen LogP contribution < -0.4 is 0 Å². The van der Waals surface area contributed by atoms with Crippen molar-refractivity contribution < 1.29 is 14.3 Å². The predicted molar refractivity (Wildman–Crippen MR) is 84.3 cm³/mol. The monoisotopic (exact) mass is 310 g/mol. The van der Waals surface area contributed by atoms with E-state index in [-0.39, 0.29) is 17.8 Å². The van der Waals surface area contributed by atoms with Crippen LogP contribution in [0, 0.1) is 0 Å². The average molecular weight is 310 g/mol. The summed E-state index contributed by atoms with van der Waals surface area (Å²) in [5.41, 5.74) is 2.13. The number of aromatic nitrogens is 1. The van der Waals surface area contributed by atoms with Gasteiger partial charge < -0.3 is 14.2 Å². The van der Waals surface area contributed by atoms with E-state index in [1.807, 2.05) is 41.1 Å². The zero-order valence-electron chi connectivity index (χ0n) is 12.8. The van der Waals surface area contributed by atoms with Gasteiger partial charge in [-0.25, -0.2) is 0 Å². The van der Waals surface area contributed by atoms with Crippen molar-refractivity contribution in [2.45, 2.75) is 25.6 Å². The third-order valence-corrected chi connectivity index (χ3v) is 4.38. The zero-order chi connectivity index (χ0) is 15.8. The van der Waals surface area contributed by atoms with Gasteiger partial charge in [-0.3, -0.25) is 9.59 Å². The first-order valence-corrected chi connectivity index (χ1v) is 7.89. The standard InChI is InChI=1S/C18H18N2O3/c21-16-7-9-20(10-13-4-2-1-3-5-13)18(22)17-15(16)6-8-19(17)11-14-12-23-14/h1-6,8,14H,7,9-12H2. The first kappa shape index (κ1) is 14.2. The molecule has 0 radical (unpaired) electrons. The number of hydrogen-bond acceptors (Lipinski definition) is 3. The van der Waals surface area contributed by atoms with Crippen LogP contribution in [0.15, 0.2) is 42.6 Å². The van der Waals surface area contributed by atoms with Crippen LogP contribution in [0.1, 0.15) is 32.8 Å². The fourth-order valence-corrected chi connectivity index (χ4v) is 3.06. The number of ketones is 1. The van der Waals surface area contributed by atoms with Gasteiger partial charge in [0.15, 0.2) is 5.78 Å². The number of ether oxygens (including phenoxy) is 1. The molecule has 5 heteroatoms. The molecule has 0 spiro atoms. The van der Waals surface area contributed by atoms with Crippen LogP contribution in [0.5, 0.6) is 0 Å². The van der Waals surface area contributed by atoms with Crippen LogP contribution in [0.3, 0.4) is 0 Å². The molecule has 2 aromatic rings. The normalized spacial score (nSPS) is 20.3. The summed E-state index contributed by atoms with van der Waals surface area (Å²) in [6, 6.07) is 11.6. The summed E-state index contributed by atoms with van der Waals surface area (Å²) in [6.45, 7) is 2.34. The maximum atomic E-state index is 13.0. The van der Waals surface area contributed by atoms with Gasteiger partial charge in [0, 0.05) is 31.3 Å². The van der Waals surface area contributed by atoms with Crippen molar-refractivity contribution in [3.05, 3.63) is 59.4 Å². The molecule has 1 unspecified atom stereocenters. The van der Waals surface area contributed by atoms with Crippen LogP contribution >= 0.6 is 0 Å². The molecule has 1 amide bonds. The Morgan fingerprint density at radius 2 is 1.91 bits per heavy atom. The molecular formula is C18H18N2O3. The Labute approximate surface area is 134 Å². The van der Waals surface area contributed by atoms with E-state index in [0.717, 1.165) is 12.2 Å². The minimum atomic E-state index is -0.0691. The van der Waals surface area contributed by atoms with Gasteiger partial charge in [-0.2, -0.15) is 0 Å². The zero-order valence-corrected chi connectivity index (χ0v) is 12.8. The molecule has 1 atom stereocenters. The van der Waals surface area contributed by atoms with Crippen molar-refractivity contribution in [1.29, 1.82) is 0 Å². The molecule has 1 fully saturated rings. The number of hydrogen-bond donors (Lipinski definition) is 0. The summed E-state index contributed by atoms with van der Waals surface area (Å²) in [7, 11) is 0. The van der Waals surface area contributed by atoms with Crippen molar-refractivity contribution in [3.8, 4) is 0 Å². The second-order valence-corrected chi connectivity index (χ2v) is 6.07. The molecule has 5 nitrogen and oxygen atoms in total. The maximum Gasteiger partial charge on any atom is 0.271 e. The van der Waals surface area contributed by atoms with Crippen molar-refractivity contribution in [3.63, 3.8) is 0 Å². The van der Waals surface area contributed by atoms with Gasteiger partial charge in [-0.1, -0.05) is 30.3 Å². The lowest BCUT2D eigenvalue weighted by molar-refractivity contribution is 0.0735. The molecule has 2 aliphatic heterocycles. The fraction of sp³-hybridized carbons (Fsp3) is 0.333. The third kappa shape index (κ3) is 2.80. The van der Waals surface area contributed by atoms with E-state index < -0.39 is 0 Å². The van der Waals surface area contributed by atoms with E-state index in [2.05, 4.69) is 0 Å². The van der Waals surface area contributed by atoms with E-state index in [9.17, 15) is 9.59 Å².